The van der Waals surface area contributed by atoms with Gasteiger partial charge in [0.05, 0.1) is 11.9 Å². The van der Waals surface area contributed by atoms with Gasteiger partial charge in [-0.3, -0.25) is 5.43 Å². The Morgan fingerprint density at radius 2 is 1.92 bits per heavy atom. The van der Waals surface area contributed by atoms with Gasteiger partial charge in [-0.2, -0.15) is 5.10 Å². The van der Waals surface area contributed by atoms with Gasteiger partial charge < -0.3 is 4.90 Å². The van der Waals surface area contributed by atoms with Crippen molar-refractivity contribution in [3.63, 3.8) is 0 Å². The zero-order valence-corrected chi connectivity index (χ0v) is 15.7. The third-order valence-corrected chi connectivity index (χ3v) is 5.36. The molecule has 2 heterocycles. The molecule has 0 unspecified atom stereocenters. The number of nitrogens with one attached hydrogen (secondary N) is 1. The maximum absolute atomic E-state index is 4.58. The molecule has 4 nitrogen and oxygen atoms in total. The second-order valence-electron chi connectivity index (χ2n) is 6.51. The van der Waals surface area contributed by atoms with Gasteiger partial charge in [0.1, 0.15) is 0 Å². The molecular weight excluding hydrogens is 340 g/mol. The zero-order valence-electron chi connectivity index (χ0n) is 14.9. The van der Waals surface area contributed by atoms with Gasteiger partial charge in [0.2, 0.25) is 5.13 Å². The maximum atomic E-state index is 4.58. The van der Waals surface area contributed by atoms with Crippen molar-refractivity contribution in [3.8, 4) is 11.3 Å². The van der Waals surface area contributed by atoms with E-state index >= 15 is 0 Å². The highest BCUT2D eigenvalue weighted by Gasteiger charge is 2.13. The number of hydrogen-bond acceptors (Lipinski definition) is 5. The van der Waals surface area contributed by atoms with Crippen LogP contribution in [0.5, 0.6) is 0 Å². The lowest BCUT2D eigenvalue weighted by Gasteiger charge is -2.20. The Morgan fingerprint density at radius 3 is 2.69 bits per heavy atom. The van der Waals surface area contributed by atoms with Crippen molar-refractivity contribution in [2.75, 3.05) is 23.4 Å². The maximum Gasteiger partial charge on any atom is 0.203 e. The van der Waals surface area contributed by atoms with Crippen molar-refractivity contribution in [1.29, 1.82) is 0 Å². The highest BCUT2D eigenvalue weighted by molar-refractivity contribution is 7.14. The molecule has 5 heteroatoms. The summed E-state index contributed by atoms with van der Waals surface area (Å²) >= 11 is 1.56. The Bertz CT molecular complexity index is 895. The second kappa shape index (κ2) is 7.70. The van der Waals surface area contributed by atoms with Crippen LogP contribution in [0.4, 0.5) is 10.8 Å². The van der Waals surface area contributed by atoms with E-state index in [4.69, 9.17) is 0 Å². The smallest absolute Gasteiger partial charge is 0.203 e. The number of hydrazone groups is 1. The first-order valence-corrected chi connectivity index (χ1v) is 9.83. The largest absolute Gasteiger partial charge is 0.371 e. The minimum Gasteiger partial charge on any atom is -0.371 e. The molecule has 1 N–H and O–H groups in total. The molecule has 1 aliphatic rings. The number of nitrogens with zero attached hydrogens (tertiary/aromatic N) is 3. The third kappa shape index (κ3) is 3.78. The van der Waals surface area contributed by atoms with E-state index in [1.54, 1.807) is 11.3 Å². The summed E-state index contributed by atoms with van der Waals surface area (Å²) in [5, 5.41) is 7.19. The molecule has 1 aromatic heterocycles. The van der Waals surface area contributed by atoms with Crippen molar-refractivity contribution in [1.82, 2.24) is 4.98 Å². The molecule has 0 atom stereocenters. The molecule has 0 amide bonds. The first kappa shape index (κ1) is 16.8. The van der Waals surface area contributed by atoms with E-state index in [0.29, 0.717) is 0 Å². The van der Waals surface area contributed by atoms with E-state index in [1.807, 2.05) is 29.8 Å². The number of aryl methyl sites for hydroxylation is 1. The van der Waals surface area contributed by atoms with Gasteiger partial charge in [-0.25, -0.2) is 4.98 Å². The predicted molar refractivity (Wildman–Crippen MR) is 111 cm³/mol. The average Bonchev–Trinajstić information content (AvgIpc) is 3.35. The van der Waals surface area contributed by atoms with E-state index in [2.05, 4.69) is 57.7 Å². The van der Waals surface area contributed by atoms with Crippen molar-refractivity contribution in [2.45, 2.75) is 19.8 Å². The summed E-state index contributed by atoms with van der Waals surface area (Å²) < 4.78 is 0. The SMILES string of the molecule is Cc1cc(C=NNc2nc(-c3ccccc3)cs2)ccc1N1CCCC1. The molecule has 4 rings (SSSR count). The normalized spacial score (nSPS) is 14.3. The summed E-state index contributed by atoms with van der Waals surface area (Å²) in [7, 11) is 0. The van der Waals surface area contributed by atoms with Gasteiger partial charge in [-0.15, -0.1) is 11.3 Å². The van der Waals surface area contributed by atoms with Gasteiger partial charge in [-0.1, -0.05) is 36.4 Å². The van der Waals surface area contributed by atoms with Crippen LogP contribution in [0.25, 0.3) is 11.3 Å². The number of rotatable bonds is 5. The van der Waals surface area contributed by atoms with Gasteiger partial charge in [-0.05, 0) is 43.0 Å². The summed E-state index contributed by atoms with van der Waals surface area (Å²) in [6.45, 7) is 4.51. The standard InChI is InChI=1S/C21H22N4S/c1-16-13-17(9-10-20(16)25-11-5-6-12-25)14-22-24-21-23-19(15-26-21)18-7-3-2-4-8-18/h2-4,7-10,13-15H,5-6,11-12H2,1H3,(H,23,24). The van der Waals surface area contributed by atoms with Crippen LogP contribution < -0.4 is 10.3 Å². The summed E-state index contributed by atoms with van der Waals surface area (Å²) in [5.41, 5.74) is 8.87. The molecule has 2 aromatic carbocycles. The fourth-order valence-electron chi connectivity index (χ4n) is 3.30. The predicted octanol–water partition coefficient (Wildman–Crippen LogP) is 5.16. The number of thiazole rings is 1. The van der Waals surface area contributed by atoms with Gasteiger partial charge >= 0.3 is 0 Å². The Balaban J connectivity index is 1.41. The molecule has 0 spiro atoms. The molecule has 1 saturated heterocycles. The van der Waals surface area contributed by atoms with Gasteiger partial charge in [0.15, 0.2) is 0 Å². The van der Waals surface area contributed by atoms with Crippen LogP contribution in [0.15, 0.2) is 59.0 Å². The summed E-state index contributed by atoms with van der Waals surface area (Å²) in [6, 6.07) is 16.7. The topological polar surface area (TPSA) is 40.5 Å². The molecule has 3 aromatic rings. The molecule has 0 saturated carbocycles. The molecule has 0 radical (unpaired) electrons. The lowest BCUT2D eigenvalue weighted by atomic mass is 10.1. The Morgan fingerprint density at radius 1 is 1.12 bits per heavy atom. The van der Waals surface area contributed by atoms with Crippen LogP contribution in [0.3, 0.4) is 0 Å². The molecule has 0 bridgehead atoms. The molecular formula is C21H22N4S. The first-order chi connectivity index (χ1) is 12.8. The van der Waals surface area contributed by atoms with E-state index in [1.165, 1.54) is 37.2 Å². The van der Waals surface area contributed by atoms with E-state index in [-0.39, 0.29) is 0 Å². The lowest BCUT2D eigenvalue weighted by molar-refractivity contribution is 0.949. The molecule has 0 aliphatic carbocycles. The molecule has 1 fully saturated rings. The number of hydrogen-bond donors (Lipinski definition) is 1. The van der Waals surface area contributed by atoms with Crippen molar-refractivity contribution < 1.29 is 0 Å². The van der Waals surface area contributed by atoms with Crippen LogP contribution in [-0.2, 0) is 0 Å². The fourth-order valence-corrected chi connectivity index (χ4v) is 3.97. The highest BCUT2D eigenvalue weighted by atomic mass is 32.1. The van der Waals surface area contributed by atoms with Crippen LogP contribution in [-0.4, -0.2) is 24.3 Å². The van der Waals surface area contributed by atoms with Crippen LogP contribution in [0, 0.1) is 6.92 Å². The first-order valence-electron chi connectivity index (χ1n) is 8.95. The number of benzene rings is 2. The van der Waals surface area contributed by atoms with Gasteiger partial charge in [0, 0.05) is 29.7 Å². The second-order valence-corrected chi connectivity index (χ2v) is 7.37. The zero-order chi connectivity index (χ0) is 17.8. The highest BCUT2D eigenvalue weighted by Crippen LogP contribution is 2.26. The monoisotopic (exact) mass is 362 g/mol. The summed E-state index contributed by atoms with van der Waals surface area (Å²) in [5.74, 6) is 0. The molecule has 132 valence electrons. The minimum atomic E-state index is 0.797. The van der Waals surface area contributed by atoms with Crippen molar-refractivity contribution in [3.05, 3.63) is 65.0 Å². The fraction of sp³-hybridized carbons (Fsp3) is 0.238. The quantitative estimate of drug-likeness (QED) is 0.503. The van der Waals surface area contributed by atoms with Gasteiger partial charge in [0.25, 0.3) is 0 Å². The Labute approximate surface area is 158 Å². The summed E-state index contributed by atoms with van der Waals surface area (Å²) in [6.07, 6.45) is 4.45. The van der Waals surface area contributed by atoms with E-state index in [9.17, 15) is 0 Å². The van der Waals surface area contributed by atoms with Crippen molar-refractivity contribution >= 4 is 28.4 Å². The summed E-state index contributed by atoms with van der Waals surface area (Å²) in [4.78, 5) is 7.05. The number of aromatic nitrogens is 1. The molecule has 1 aliphatic heterocycles. The Hall–Kier alpha value is -2.66. The van der Waals surface area contributed by atoms with Crippen LogP contribution in [0.1, 0.15) is 24.0 Å². The van der Waals surface area contributed by atoms with E-state index < -0.39 is 0 Å². The molecule has 26 heavy (non-hydrogen) atoms. The van der Waals surface area contributed by atoms with Crippen molar-refractivity contribution in [2.24, 2.45) is 5.10 Å². The third-order valence-electron chi connectivity index (χ3n) is 4.62. The van der Waals surface area contributed by atoms with E-state index in [0.717, 1.165) is 22.0 Å². The van der Waals surface area contributed by atoms with Crippen LogP contribution in [0.2, 0.25) is 0 Å². The average molecular weight is 363 g/mol. The minimum absolute atomic E-state index is 0.797. The lowest BCUT2D eigenvalue weighted by Crippen LogP contribution is -2.18. The number of anilines is 2. The Kier molecular flexibility index (Phi) is 4.97. The van der Waals surface area contributed by atoms with Crippen LogP contribution >= 0.6 is 11.3 Å².